The number of anilines is 1. The van der Waals surface area contributed by atoms with Crippen molar-refractivity contribution < 1.29 is 9.21 Å². The molecule has 0 bridgehead atoms. The Hall–Kier alpha value is -2.23. The smallest absolute Gasteiger partial charge is 0.248 e. The summed E-state index contributed by atoms with van der Waals surface area (Å²) in [4.78, 5) is 11.1. The minimum absolute atomic E-state index is 0.318. The lowest BCUT2D eigenvalue weighted by Crippen LogP contribution is -2.17. The topological polar surface area (TPSA) is 68.3 Å². The number of carbonyl (C=O) groups is 1. The number of aryl methyl sites for hydroxylation is 2. The number of amides is 1. The second-order valence-corrected chi connectivity index (χ2v) is 5.06. The van der Waals surface area contributed by atoms with E-state index in [9.17, 15) is 4.79 Å². The quantitative estimate of drug-likeness (QED) is 0.849. The lowest BCUT2D eigenvalue weighted by Gasteiger charge is -2.17. The molecule has 0 spiro atoms. The summed E-state index contributed by atoms with van der Waals surface area (Å²) in [5, 5.41) is 3.44. The summed E-state index contributed by atoms with van der Waals surface area (Å²) in [6, 6.07) is 9.66. The Kier molecular flexibility index (Phi) is 4.45. The van der Waals surface area contributed by atoms with Gasteiger partial charge in [0.25, 0.3) is 0 Å². The van der Waals surface area contributed by atoms with Gasteiger partial charge in [-0.2, -0.15) is 0 Å². The van der Waals surface area contributed by atoms with Gasteiger partial charge in [0.05, 0.1) is 6.26 Å². The Bertz CT molecular complexity index is 576. The third-order valence-corrected chi connectivity index (χ3v) is 3.32. The first-order valence-corrected chi connectivity index (χ1v) is 6.75. The molecule has 1 aromatic heterocycles. The highest BCUT2D eigenvalue weighted by atomic mass is 16.3. The van der Waals surface area contributed by atoms with Gasteiger partial charge in [0, 0.05) is 23.7 Å². The molecule has 3 N–H and O–H groups in total. The van der Waals surface area contributed by atoms with Gasteiger partial charge in [0.15, 0.2) is 0 Å². The molecule has 2 aromatic rings. The van der Waals surface area contributed by atoms with Crippen molar-refractivity contribution in [3.63, 3.8) is 0 Å². The van der Waals surface area contributed by atoms with Crippen LogP contribution in [-0.2, 0) is 6.42 Å². The van der Waals surface area contributed by atoms with E-state index in [1.165, 1.54) is 0 Å². The highest BCUT2D eigenvalue weighted by Gasteiger charge is 2.08. The van der Waals surface area contributed by atoms with Crippen LogP contribution in [-0.4, -0.2) is 11.9 Å². The first-order chi connectivity index (χ1) is 9.56. The maximum absolute atomic E-state index is 11.1. The first-order valence-electron chi connectivity index (χ1n) is 6.75. The molecule has 20 heavy (non-hydrogen) atoms. The number of primary amides is 1. The zero-order valence-electron chi connectivity index (χ0n) is 11.8. The molecule has 0 radical (unpaired) electrons. The van der Waals surface area contributed by atoms with Gasteiger partial charge in [-0.1, -0.05) is 0 Å². The van der Waals surface area contributed by atoms with Crippen molar-refractivity contribution in [1.29, 1.82) is 0 Å². The van der Waals surface area contributed by atoms with Crippen LogP contribution in [0.5, 0.6) is 0 Å². The van der Waals surface area contributed by atoms with Gasteiger partial charge in [0.1, 0.15) is 5.76 Å². The van der Waals surface area contributed by atoms with Crippen LogP contribution in [0.3, 0.4) is 0 Å². The van der Waals surface area contributed by atoms with Gasteiger partial charge >= 0.3 is 0 Å². The van der Waals surface area contributed by atoms with E-state index in [-0.39, 0.29) is 0 Å². The van der Waals surface area contributed by atoms with E-state index in [1.807, 2.05) is 31.2 Å². The van der Waals surface area contributed by atoms with E-state index in [4.69, 9.17) is 10.2 Å². The molecular formula is C16H20N2O2. The fourth-order valence-corrected chi connectivity index (χ4v) is 2.13. The molecule has 106 valence electrons. The molecule has 1 amide bonds. The average molecular weight is 272 g/mol. The molecule has 0 aliphatic carbocycles. The van der Waals surface area contributed by atoms with Gasteiger partial charge in [-0.25, -0.2) is 0 Å². The zero-order chi connectivity index (χ0) is 14.5. The van der Waals surface area contributed by atoms with Gasteiger partial charge < -0.3 is 15.5 Å². The standard InChI is InChI=1S/C16H20N2O2/c1-11-10-13(16(17)19)6-8-15(11)18-12(2)5-7-14-4-3-9-20-14/h3-4,6,8-10,12,18H,5,7H2,1-2H3,(H2,17,19). The SMILES string of the molecule is Cc1cc(C(N)=O)ccc1NC(C)CCc1ccco1. The van der Waals surface area contributed by atoms with Crippen molar-refractivity contribution in [2.45, 2.75) is 32.7 Å². The first kappa shape index (κ1) is 14.2. The molecule has 0 aliphatic heterocycles. The molecule has 0 saturated heterocycles. The molecule has 4 heteroatoms. The number of furan rings is 1. The summed E-state index contributed by atoms with van der Waals surface area (Å²) in [6.07, 6.45) is 3.57. The summed E-state index contributed by atoms with van der Waals surface area (Å²) in [5.74, 6) is 0.602. The van der Waals surface area contributed by atoms with Crippen LogP contribution < -0.4 is 11.1 Å². The monoisotopic (exact) mass is 272 g/mol. The van der Waals surface area contributed by atoms with E-state index in [0.29, 0.717) is 11.6 Å². The molecule has 1 heterocycles. The van der Waals surface area contributed by atoms with Crippen LogP contribution >= 0.6 is 0 Å². The summed E-state index contributed by atoms with van der Waals surface area (Å²) < 4.78 is 5.32. The van der Waals surface area contributed by atoms with E-state index in [2.05, 4.69) is 12.2 Å². The third kappa shape index (κ3) is 3.63. The summed E-state index contributed by atoms with van der Waals surface area (Å²) in [6.45, 7) is 4.10. The van der Waals surface area contributed by atoms with Crippen molar-refractivity contribution in [2.24, 2.45) is 5.73 Å². The van der Waals surface area contributed by atoms with Crippen molar-refractivity contribution in [2.75, 3.05) is 5.32 Å². The van der Waals surface area contributed by atoms with Crippen LogP contribution in [0.2, 0.25) is 0 Å². The fraction of sp³-hybridized carbons (Fsp3) is 0.312. The number of nitrogens with two attached hydrogens (primary N) is 1. The van der Waals surface area contributed by atoms with Crippen molar-refractivity contribution in [3.8, 4) is 0 Å². The van der Waals surface area contributed by atoms with Gasteiger partial charge in [0.2, 0.25) is 5.91 Å². The highest BCUT2D eigenvalue weighted by molar-refractivity contribution is 5.93. The normalized spacial score (nSPS) is 12.1. The Morgan fingerprint density at radius 3 is 2.80 bits per heavy atom. The molecule has 0 aliphatic rings. The van der Waals surface area contributed by atoms with Crippen molar-refractivity contribution in [1.82, 2.24) is 0 Å². The Morgan fingerprint density at radius 1 is 1.40 bits per heavy atom. The van der Waals surface area contributed by atoms with E-state index in [1.54, 1.807) is 12.3 Å². The van der Waals surface area contributed by atoms with Crippen molar-refractivity contribution in [3.05, 3.63) is 53.5 Å². The summed E-state index contributed by atoms with van der Waals surface area (Å²) >= 11 is 0. The lowest BCUT2D eigenvalue weighted by molar-refractivity contribution is 0.1000. The number of hydrogen-bond donors (Lipinski definition) is 2. The van der Waals surface area contributed by atoms with Crippen LogP contribution in [0.4, 0.5) is 5.69 Å². The molecule has 0 fully saturated rings. The third-order valence-electron chi connectivity index (χ3n) is 3.32. The van der Waals surface area contributed by atoms with Crippen molar-refractivity contribution >= 4 is 11.6 Å². The van der Waals surface area contributed by atoms with E-state index in [0.717, 1.165) is 29.9 Å². The maximum Gasteiger partial charge on any atom is 0.248 e. The average Bonchev–Trinajstić information content (AvgIpc) is 2.91. The second-order valence-electron chi connectivity index (χ2n) is 5.06. The molecule has 2 rings (SSSR count). The van der Waals surface area contributed by atoms with Gasteiger partial charge in [-0.3, -0.25) is 4.79 Å². The summed E-state index contributed by atoms with van der Waals surface area (Å²) in [5.41, 5.74) is 7.85. The van der Waals surface area contributed by atoms with Gasteiger partial charge in [-0.15, -0.1) is 0 Å². The Balaban J connectivity index is 1.93. The van der Waals surface area contributed by atoms with E-state index >= 15 is 0 Å². The number of hydrogen-bond acceptors (Lipinski definition) is 3. The number of nitrogens with one attached hydrogen (secondary N) is 1. The number of benzene rings is 1. The minimum Gasteiger partial charge on any atom is -0.469 e. The van der Waals surface area contributed by atoms with Crippen LogP contribution in [0.25, 0.3) is 0 Å². The Morgan fingerprint density at radius 2 is 2.20 bits per heavy atom. The molecule has 4 nitrogen and oxygen atoms in total. The largest absolute Gasteiger partial charge is 0.469 e. The highest BCUT2D eigenvalue weighted by Crippen LogP contribution is 2.18. The summed E-state index contributed by atoms with van der Waals surface area (Å²) in [7, 11) is 0. The maximum atomic E-state index is 11.1. The fourth-order valence-electron chi connectivity index (χ4n) is 2.13. The molecule has 1 atom stereocenters. The second kappa shape index (κ2) is 6.28. The van der Waals surface area contributed by atoms with Crippen LogP contribution in [0, 0.1) is 6.92 Å². The Labute approximate surface area is 119 Å². The van der Waals surface area contributed by atoms with Gasteiger partial charge in [-0.05, 0) is 56.2 Å². The number of rotatable bonds is 6. The number of carbonyl (C=O) groups excluding carboxylic acids is 1. The zero-order valence-corrected chi connectivity index (χ0v) is 11.8. The molecular weight excluding hydrogens is 252 g/mol. The molecule has 0 saturated carbocycles. The lowest BCUT2D eigenvalue weighted by atomic mass is 10.1. The van der Waals surface area contributed by atoms with Crippen LogP contribution in [0.15, 0.2) is 41.0 Å². The molecule has 1 unspecified atom stereocenters. The molecule has 1 aromatic carbocycles. The predicted molar refractivity (Wildman–Crippen MR) is 79.8 cm³/mol. The minimum atomic E-state index is -0.398. The predicted octanol–water partition coefficient (Wildman–Crippen LogP) is 3.12. The van der Waals surface area contributed by atoms with E-state index < -0.39 is 5.91 Å². The van der Waals surface area contributed by atoms with Crippen LogP contribution in [0.1, 0.15) is 35.0 Å².